The van der Waals surface area contributed by atoms with Gasteiger partial charge in [0.15, 0.2) is 17.3 Å². The topological polar surface area (TPSA) is 94.8 Å². The molecule has 1 fully saturated rings. The highest BCUT2D eigenvalue weighted by Gasteiger charge is 2.32. The maximum absolute atomic E-state index is 13.7. The van der Waals surface area contributed by atoms with Gasteiger partial charge in [-0.2, -0.15) is 4.31 Å². The number of sulfonamides is 1. The van der Waals surface area contributed by atoms with Gasteiger partial charge >= 0.3 is 0 Å². The molecule has 9 heteroatoms. The van der Waals surface area contributed by atoms with Crippen molar-refractivity contribution in [1.29, 1.82) is 0 Å². The third-order valence-electron chi connectivity index (χ3n) is 6.31. The number of methoxy groups -OCH3 is 1. The van der Waals surface area contributed by atoms with Crippen LogP contribution in [0.5, 0.6) is 11.5 Å². The van der Waals surface area contributed by atoms with Crippen molar-refractivity contribution in [3.63, 3.8) is 0 Å². The Labute approximate surface area is 207 Å². The Morgan fingerprint density at radius 1 is 1.03 bits per heavy atom. The molecule has 0 amide bonds. The van der Waals surface area contributed by atoms with Gasteiger partial charge in [0.2, 0.25) is 10.0 Å². The minimum absolute atomic E-state index is 0.0914. The number of hydrogen-bond acceptors (Lipinski definition) is 7. The van der Waals surface area contributed by atoms with E-state index in [1.807, 2.05) is 24.3 Å². The summed E-state index contributed by atoms with van der Waals surface area (Å²) >= 11 is 0. The zero-order chi connectivity index (χ0) is 24.8. The highest BCUT2D eigenvalue weighted by atomic mass is 32.2. The molecule has 3 aromatic rings. The molecule has 2 aromatic heterocycles. The third kappa shape index (κ3) is 6.02. The van der Waals surface area contributed by atoms with Crippen LogP contribution in [0.3, 0.4) is 0 Å². The Bertz CT molecular complexity index is 1200. The molecule has 0 saturated heterocycles. The van der Waals surface area contributed by atoms with Gasteiger partial charge in [0, 0.05) is 12.7 Å². The van der Waals surface area contributed by atoms with Crippen molar-refractivity contribution in [3.05, 3.63) is 65.3 Å². The van der Waals surface area contributed by atoms with Gasteiger partial charge in [-0.1, -0.05) is 30.1 Å². The first kappa shape index (κ1) is 25.2. The fraction of sp³-hybridized carbons (Fsp3) is 0.462. The molecule has 1 aliphatic carbocycles. The van der Waals surface area contributed by atoms with E-state index in [1.165, 1.54) is 30.0 Å². The van der Waals surface area contributed by atoms with Crippen LogP contribution in [-0.4, -0.2) is 36.1 Å². The molecule has 0 unspecified atom stereocenters. The van der Waals surface area contributed by atoms with Crippen LogP contribution in [0.25, 0.3) is 0 Å². The molecule has 0 bridgehead atoms. The number of ether oxygens (including phenoxy) is 2. The van der Waals surface area contributed by atoms with Crippen LogP contribution < -0.4 is 9.47 Å². The van der Waals surface area contributed by atoms with Gasteiger partial charge in [-0.05, 0) is 69.4 Å². The number of nitrogens with zero attached hydrogens (tertiary/aromatic N) is 3. The number of aryl methyl sites for hydroxylation is 2. The van der Waals surface area contributed by atoms with Crippen LogP contribution in [0.15, 0.2) is 52.0 Å². The molecule has 8 nitrogen and oxygen atoms in total. The van der Waals surface area contributed by atoms with Crippen molar-refractivity contribution < 1.29 is 22.4 Å². The minimum Gasteiger partial charge on any atom is -0.493 e. The fourth-order valence-electron chi connectivity index (χ4n) is 4.52. The molecule has 4 rings (SSSR count). The molecule has 2 heterocycles. The smallest absolute Gasteiger partial charge is 0.249 e. The molecule has 0 atom stereocenters. The molecule has 0 spiro atoms. The van der Waals surface area contributed by atoms with E-state index in [2.05, 4.69) is 10.1 Å². The van der Waals surface area contributed by atoms with Crippen LogP contribution in [0, 0.1) is 13.8 Å². The van der Waals surface area contributed by atoms with Gasteiger partial charge in [-0.3, -0.25) is 4.98 Å². The Morgan fingerprint density at radius 2 is 1.80 bits per heavy atom. The highest BCUT2D eigenvalue weighted by molar-refractivity contribution is 7.89. The van der Waals surface area contributed by atoms with E-state index < -0.39 is 10.0 Å². The predicted molar refractivity (Wildman–Crippen MR) is 132 cm³/mol. The summed E-state index contributed by atoms with van der Waals surface area (Å²) in [5, 5.41) is 3.85. The monoisotopic (exact) mass is 499 g/mol. The van der Waals surface area contributed by atoms with Gasteiger partial charge in [0.1, 0.15) is 10.6 Å². The van der Waals surface area contributed by atoms with Crippen LogP contribution in [-0.2, 0) is 23.1 Å². The molecule has 0 aliphatic heterocycles. The van der Waals surface area contributed by atoms with Gasteiger partial charge < -0.3 is 14.0 Å². The number of rotatable bonds is 9. The van der Waals surface area contributed by atoms with E-state index in [1.54, 1.807) is 39.3 Å². The molecular weight excluding hydrogens is 466 g/mol. The van der Waals surface area contributed by atoms with E-state index in [0.29, 0.717) is 22.9 Å². The van der Waals surface area contributed by atoms with Crippen LogP contribution in [0.4, 0.5) is 0 Å². The van der Waals surface area contributed by atoms with Gasteiger partial charge in [0.05, 0.1) is 25.5 Å². The summed E-state index contributed by atoms with van der Waals surface area (Å²) in [5.41, 5.74) is 1.75. The standard InChI is InChI=1S/C26H33N3O5S/c1-19-26(20(2)34-28-19)35(30,31)29(18-22-10-8-9-15-27-22)17-21-13-14-24(25(16-21)32-3)33-23-11-6-4-5-7-12-23/h8-10,13-16,23H,4-7,11-12,17-18H2,1-3H3. The van der Waals surface area contributed by atoms with E-state index >= 15 is 0 Å². The first-order valence-corrected chi connectivity index (χ1v) is 13.5. The van der Waals surface area contributed by atoms with Crippen LogP contribution in [0.1, 0.15) is 61.2 Å². The summed E-state index contributed by atoms with van der Waals surface area (Å²) < 4.78 is 45.9. The molecule has 0 radical (unpaired) electrons. The molecule has 1 aromatic carbocycles. The van der Waals surface area contributed by atoms with Crippen molar-refractivity contribution >= 4 is 10.0 Å². The third-order valence-corrected chi connectivity index (χ3v) is 8.35. The maximum atomic E-state index is 13.7. The SMILES string of the molecule is COc1cc(CN(Cc2ccccn2)S(=O)(=O)c2c(C)noc2C)ccc1OC1CCCCCC1. The molecule has 188 valence electrons. The predicted octanol–water partition coefficient (Wildman–Crippen LogP) is 5.19. The largest absolute Gasteiger partial charge is 0.493 e. The second-order valence-electron chi connectivity index (χ2n) is 8.96. The van der Waals surface area contributed by atoms with E-state index in [0.717, 1.165) is 18.4 Å². The number of aromatic nitrogens is 2. The lowest BCUT2D eigenvalue weighted by Gasteiger charge is -2.23. The summed E-state index contributed by atoms with van der Waals surface area (Å²) in [6.07, 6.45) is 8.76. The van der Waals surface area contributed by atoms with Gasteiger partial charge in [0.25, 0.3) is 0 Å². The van der Waals surface area contributed by atoms with Gasteiger partial charge in [-0.25, -0.2) is 8.42 Å². The second kappa shape index (κ2) is 11.2. The van der Waals surface area contributed by atoms with Crippen molar-refractivity contribution in [2.24, 2.45) is 0 Å². The number of benzene rings is 1. The Balaban J connectivity index is 1.62. The Hall–Kier alpha value is -2.91. The average Bonchev–Trinajstić information content (AvgIpc) is 3.03. The Kier molecular flexibility index (Phi) is 8.07. The molecule has 1 saturated carbocycles. The number of hydrogen-bond donors (Lipinski definition) is 0. The normalized spacial score (nSPS) is 15.2. The van der Waals surface area contributed by atoms with E-state index in [9.17, 15) is 8.42 Å². The van der Waals surface area contributed by atoms with Crippen molar-refractivity contribution in [1.82, 2.24) is 14.4 Å². The Morgan fingerprint density at radius 3 is 2.43 bits per heavy atom. The maximum Gasteiger partial charge on any atom is 0.249 e. The summed E-state index contributed by atoms with van der Waals surface area (Å²) in [5.74, 6) is 1.55. The minimum atomic E-state index is -3.91. The first-order chi connectivity index (χ1) is 16.9. The van der Waals surface area contributed by atoms with E-state index in [4.69, 9.17) is 14.0 Å². The summed E-state index contributed by atoms with van der Waals surface area (Å²) in [4.78, 5) is 4.42. The lowest BCUT2D eigenvalue weighted by molar-refractivity contribution is 0.176. The highest BCUT2D eigenvalue weighted by Crippen LogP contribution is 2.33. The molecular formula is C26H33N3O5S. The summed E-state index contributed by atoms with van der Waals surface area (Å²) in [6, 6.07) is 11.1. The first-order valence-electron chi connectivity index (χ1n) is 12.0. The zero-order valence-corrected chi connectivity index (χ0v) is 21.4. The lowest BCUT2D eigenvalue weighted by Crippen LogP contribution is -2.31. The summed E-state index contributed by atoms with van der Waals surface area (Å²) in [6.45, 7) is 3.47. The molecule has 1 aliphatic rings. The zero-order valence-electron chi connectivity index (χ0n) is 20.6. The van der Waals surface area contributed by atoms with Crippen LogP contribution in [0.2, 0.25) is 0 Å². The summed E-state index contributed by atoms with van der Waals surface area (Å²) in [7, 11) is -2.30. The van der Waals surface area contributed by atoms with Crippen molar-refractivity contribution in [3.8, 4) is 11.5 Å². The second-order valence-corrected chi connectivity index (χ2v) is 10.8. The molecule has 35 heavy (non-hydrogen) atoms. The molecule has 0 N–H and O–H groups in total. The lowest BCUT2D eigenvalue weighted by atomic mass is 10.1. The van der Waals surface area contributed by atoms with E-state index in [-0.39, 0.29) is 29.8 Å². The number of pyridine rings is 1. The van der Waals surface area contributed by atoms with Gasteiger partial charge in [-0.15, -0.1) is 0 Å². The van der Waals surface area contributed by atoms with Crippen LogP contribution >= 0.6 is 0 Å². The van der Waals surface area contributed by atoms with Crippen molar-refractivity contribution in [2.75, 3.05) is 7.11 Å². The van der Waals surface area contributed by atoms with Crippen molar-refractivity contribution in [2.45, 2.75) is 76.5 Å². The average molecular weight is 500 g/mol. The quantitative estimate of drug-likeness (QED) is 0.374. The fourth-order valence-corrected chi connectivity index (χ4v) is 6.21.